The second kappa shape index (κ2) is 13.0. The van der Waals surface area contributed by atoms with E-state index in [1.807, 2.05) is 11.3 Å². The molecule has 0 fully saturated rings. The van der Waals surface area contributed by atoms with Gasteiger partial charge in [0, 0.05) is 60.1 Å². The van der Waals surface area contributed by atoms with Gasteiger partial charge in [-0.15, -0.1) is 11.3 Å². The van der Waals surface area contributed by atoms with Crippen molar-refractivity contribution in [1.29, 1.82) is 0 Å². The van der Waals surface area contributed by atoms with Crippen molar-refractivity contribution >= 4 is 99.8 Å². The molecule has 0 bridgehead atoms. The topological polar surface area (TPSA) is 22.3 Å². The third-order valence-electron chi connectivity index (χ3n) is 14.9. The van der Waals surface area contributed by atoms with E-state index in [0.717, 1.165) is 0 Å². The van der Waals surface area contributed by atoms with Gasteiger partial charge in [0.25, 0.3) is 6.71 Å². The zero-order chi connectivity index (χ0) is 44.4. The molecule has 0 unspecified atom stereocenters. The number of aromatic amines is 1. The van der Waals surface area contributed by atoms with Crippen molar-refractivity contribution in [2.75, 3.05) is 9.80 Å². The van der Waals surface area contributed by atoms with Crippen LogP contribution < -0.4 is 26.3 Å². The van der Waals surface area contributed by atoms with Crippen LogP contribution in [0.1, 0.15) is 104 Å². The number of rotatable bonds is 2. The first-order valence-corrected chi connectivity index (χ1v) is 23.9. The molecule has 3 aliphatic rings. The van der Waals surface area contributed by atoms with Gasteiger partial charge in [-0.05, 0) is 121 Å². The van der Waals surface area contributed by atoms with Crippen molar-refractivity contribution in [3.8, 4) is 11.1 Å². The summed E-state index contributed by atoms with van der Waals surface area (Å²) >= 11 is 1.93. The van der Waals surface area contributed by atoms with Crippen molar-refractivity contribution in [3.63, 3.8) is 0 Å². The smallest absolute Gasteiger partial charge is 0.272 e. The average Bonchev–Trinajstić information content (AvgIpc) is 3.89. The van der Waals surface area contributed by atoms with Gasteiger partial charge in [0.2, 0.25) is 0 Å². The maximum atomic E-state index is 4.24. The van der Waals surface area contributed by atoms with Crippen LogP contribution in [0.2, 0.25) is 0 Å². The van der Waals surface area contributed by atoms with Crippen LogP contribution in [0.25, 0.3) is 42.2 Å². The SMILES string of the molecule is CC(C)(C)c1ccc(N2c3cc4c(sc5ccccc54)c4c3B(c3cc(C(C)(C)C)ccc3N4c3ccc(C(C)(C)C)cc3)c3[nH]c4cc5c(cc4c32)-c2ccccc2C5(C)C)cc1. The molecule has 0 saturated heterocycles. The van der Waals surface area contributed by atoms with Gasteiger partial charge >= 0.3 is 0 Å². The highest BCUT2D eigenvalue weighted by atomic mass is 32.1. The first-order chi connectivity index (χ1) is 30.4. The zero-order valence-corrected chi connectivity index (χ0v) is 39.9. The number of H-pyrrole nitrogens is 1. The molecule has 0 amide bonds. The van der Waals surface area contributed by atoms with Gasteiger partial charge < -0.3 is 14.8 Å². The van der Waals surface area contributed by atoms with Gasteiger partial charge in [-0.2, -0.15) is 0 Å². The van der Waals surface area contributed by atoms with E-state index >= 15 is 0 Å². The highest BCUT2D eigenvalue weighted by Gasteiger charge is 2.47. The Labute approximate surface area is 382 Å². The normalized spacial score (nSPS) is 15.1. The van der Waals surface area contributed by atoms with Crippen molar-refractivity contribution in [2.45, 2.75) is 97.8 Å². The predicted molar refractivity (Wildman–Crippen MR) is 279 cm³/mol. The van der Waals surface area contributed by atoms with E-state index < -0.39 is 0 Å². The fourth-order valence-corrected chi connectivity index (χ4v) is 12.5. The molecule has 1 N–H and O–H groups in total. The van der Waals surface area contributed by atoms with E-state index in [1.54, 1.807) is 0 Å². The quantitative estimate of drug-likeness (QED) is 0.175. The molecule has 5 heteroatoms. The Hall–Kier alpha value is -6.04. The summed E-state index contributed by atoms with van der Waals surface area (Å²) in [5.41, 5.74) is 21.9. The van der Waals surface area contributed by atoms with Crippen molar-refractivity contribution in [2.24, 2.45) is 0 Å². The predicted octanol–water partition coefficient (Wildman–Crippen LogP) is 14.8. The highest BCUT2D eigenvalue weighted by Crippen LogP contribution is 2.55. The second-order valence-corrected chi connectivity index (χ2v) is 23.4. The Morgan fingerprint density at radius 3 is 1.77 bits per heavy atom. The van der Waals surface area contributed by atoms with Crippen LogP contribution in [-0.4, -0.2) is 11.7 Å². The molecule has 4 heterocycles. The van der Waals surface area contributed by atoms with Crippen LogP contribution in [0.3, 0.4) is 0 Å². The largest absolute Gasteiger partial charge is 0.364 e. The van der Waals surface area contributed by atoms with Gasteiger partial charge in [0.1, 0.15) is 0 Å². The molecular weight excluding hydrogens is 794 g/mol. The number of benzene rings is 7. The number of nitrogens with zero attached hydrogens (tertiary/aromatic N) is 2. The minimum Gasteiger partial charge on any atom is -0.364 e. The van der Waals surface area contributed by atoms with Crippen LogP contribution in [0.15, 0.2) is 133 Å². The average molecular weight is 850 g/mol. The molecule has 7 aromatic carbocycles. The standard InChI is InChI=1S/C59H56BN3S/c1-56(2,3)34-20-25-37(26-21-34)62-48-29-24-36(58(7,8)9)30-46(48)60-51-49(32-42-40-17-13-15-19-50(40)64-54(42)53(51)62)63(38-27-22-35(23-28-38)57(4,5)6)52-43-31-41-39-16-12-14-18-44(39)59(10,11)45(41)33-47(43)61-55(52)60/h12-33,61H,1-11H3. The number of hydrogen-bond donors (Lipinski definition) is 1. The van der Waals surface area contributed by atoms with Crippen LogP contribution in [0.4, 0.5) is 34.1 Å². The molecule has 64 heavy (non-hydrogen) atoms. The van der Waals surface area contributed by atoms with Gasteiger partial charge in [0.15, 0.2) is 0 Å². The third kappa shape index (κ3) is 5.52. The van der Waals surface area contributed by atoms with Gasteiger partial charge in [-0.3, -0.25) is 0 Å². The molecule has 0 spiro atoms. The Balaban J connectivity index is 1.24. The van der Waals surface area contributed by atoms with Crippen molar-refractivity contribution in [3.05, 3.63) is 161 Å². The minimum atomic E-state index is -0.113. The molecule has 316 valence electrons. The lowest BCUT2D eigenvalue weighted by atomic mass is 9.35. The molecule has 2 aliphatic heterocycles. The monoisotopic (exact) mass is 849 g/mol. The molecule has 2 aromatic heterocycles. The van der Waals surface area contributed by atoms with E-state index in [-0.39, 0.29) is 28.4 Å². The second-order valence-electron chi connectivity index (χ2n) is 22.4. The van der Waals surface area contributed by atoms with Gasteiger partial charge in [-0.1, -0.05) is 155 Å². The van der Waals surface area contributed by atoms with Crippen LogP contribution in [0.5, 0.6) is 0 Å². The molecule has 3 nitrogen and oxygen atoms in total. The fraction of sp³-hybridized carbons (Fsp3) is 0.254. The summed E-state index contributed by atoms with van der Waals surface area (Å²) in [4.78, 5) is 9.48. The zero-order valence-electron chi connectivity index (χ0n) is 39.1. The van der Waals surface area contributed by atoms with E-state index in [1.165, 1.54) is 121 Å². The molecule has 0 atom stereocenters. The third-order valence-corrected chi connectivity index (χ3v) is 16.0. The highest BCUT2D eigenvalue weighted by molar-refractivity contribution is 7.26. The number of hydrogen-bond acceptors (Lipinski definition) is 3. The summed E-state index contributed by atoms with van der Waals surface area (Å²) in [5.74, 6) is 0. The van der Waals surface area contributed by atoms with Crippen LogP contribution in [0, 0.1) is 0 Å². The Morgan fingerprint density at radius 2 is 1.11 bits per heavy atom. The summed E-state index contributed by atoms with van der Waals surface area (Å²) in [6, 6.07) is 51.8. The Morgan fingerprint density at radius 1 is 0.516 bits per heavy atom. The van der Waals surface area contributed by atoms with Crippen LogP contribution in [-0.2, 0) is 21.7 Å². The van der Waals surface area contributed by atoms with Crippen molar-refractivity contribution < 1.29 is 0 Å². The van der Waals surface area contributed by atoms with E-state index in [9.17, 15) is 0 Å². The Bertz CT molecular complexity index is 3420. The first kappa shape index (κ1) is 39.5. The molecule has 0 radical (unpaired) electrons. The number of nitrogens with one attached hydrogen (secondary N) is 1. The summed E-state index contributed by atoms with van der Waals surface area (Å²) < 4.78 is 2.64. The number of aromatic nitrogens is 1. The molecular formula is C59H56BN3S. The lowest BCUT2D eigenvalue weighted by Gasteiger charge is -2.44. The molecule has 0 saturated carbocycles. The summed E-state index contributed by atoms with van der Waals surface area (Å²) in [6.07, 6.45) is 0. The number of thiophene rings is 1. The lowest BCUT2D eigenvalue weighted by Crippen LogP contribution is -2.62. The molecule has 9 aromatic rings. The minimum absolute atomic E-state index is 0.0311. The van der Waals surface area contributed by atoms with E-state index in [0.29, 0.717) is 0 Å². The van der Waals surface area contributed by atoms with E-state index in [2.05, 4.69) is 224 Å². The maximum Gasteiger partial charge on any atom is 0.272 e. The fourth-order valence-electron chi connectivity index (χ4n) is 11.3. The Kier molecular flexibility index (Phi) is 8.06. The number of fused-ring (bicyclic) bond motifs is 13. The van der Waals surface area contributed by atoms with E-state index in [4.69, 9.17) is 0 Å². The first-order valence-electron chi connectivity index (χ1n) is 23.1. The summed E-state index contributed by atoms with van der Waals surface area (Å²) in [7, 11) is 0. The number of anilines is 6. The van der Waals surface area contributed by atoms with Gasteiger partial charge in [-0.25, -0.2) is 0 Å². The summed E-state index contributed by atoms with van der Waals surface area (Å²) in [6.45, 7) is 25.6. The lowest BCUT2D eigenvalue weighted by molar-refractivity contribution is 0.590. The summed E-state index contributed by atoms with van der Waals surface area (Å²) in [5, 5.41) is 3.87. The maximum absolute atomic E-state index is 4.24. The van der Waals surface area contributed by atoms with Crippen LogP contribution >= 0.6 is 11.3 Å². The van der Waals surface area contributed by atoms with Crippen molar-refractivity contribution in [1.82, 2.24) is 4.98 Å². The van der Waals surface area contributed by atoms with Gasteiger partial charge in [0.05, 0.1) is 16.1 Å². The molecule has 12 rings (SSSR count). The molecule has 1 aliphatic carbocycles.